The molecule has 1 aliphatic rings. The lowest BCUT2D eigenvalue weighted by molar-refractivity contribution is 0.689. The SMILES string of the molecule is CC(C)CNc1ccc(B2C=CC=CC2c2ccccc2)cc1. The Bertz CT molecular complexity index is 671. The van der Waals surface area contributed by atoms with E-state index in [4.69, 9.17) is 0 Å². The zero-order valence-corrected chi connectivity index (χ0v) is 13.9. The van der Waals surface area contributed by atoms with Gasteiger partial charge in [-0.15, -0.1) is 5.98 Å². The molecule has 1 atom stereocenters. The van der Waals surface area contributed by atoms with Gasteiger partial charge in [-0.3, -0.25) is 0 Å². The van der Waals surface area contributed by atoms with Crippen molar-refractivity contribution in [3.8, 4) is 0 Å². The fourth-order valence-electron chi connectivity index (χ4n) is 3.06. The standard InChI is InChI=1S/C21H24BN/c1-17(2)16-23-20-13-11-19(12-14-20)22-15-7-6-10-21(22)18-8-4-3-5-9-18/h3-15,17,21,23H,16H2,1-2H3. The van der Waals surface area contributed by atoms with Crippen LogP contribution in [0.15, 0.2) is 78.8 Å². The van der Waals surface area contributed by atoms with Crippen LogP contribution in [0.25, 0.3) is 0 Å². The zero-order chi connectivity index (χ0) is 16.1. The second-order valence-electron chi connectivity index (χ2n) is 6.63. The lowest BCUT2D eigenvalue weighted by Gasteiger charge is -2.22. The summed E-state index contributed by atoms with van der Waals surface area (Å²) in [6.07, 6.45) is 6.63. The lowest BCUT2D eigenvalue weighted by atomic mass is 9.35. The zero-order valence-electron chi connectivity index (χ0n) is 13.9. The smallest absolute Gasteiger partial charge is 0.212 e. The summed E-state index contributed by atoms with van der Waals surface area (Å²) < 4.78 is 0. The topological polar surface area (TPSA) is 12.0 Å². The molecule has 0 saturated heterocycles. The molecule has 116 valence electrons. The van der Waals surface area contributed by atoms with E-state index < -0.39 is 0 Å². The Morgan fingerprint density at radius 2 is 1.70 bits per heavy atom. The van der Waals surface area contributed by atoms with Gasteiger partial charge in [0.1, 0.15) is 0 Å². The fourth-order valence-corrected chi connectivity index (χ4v) is 3.06. The second kappa shape index (κ2) is 7.37. The van der Waals surface area contributed by atoms with Crippen molar-refractivity contribution in [2.24, 2.45) is 5.92 Å². The quantitative estimate of drug-likeness (QED) is 0.805. The van der Waals surface area contributed by atoms with Gasteiger partial charge in [0, 0.05) is 12.2 Å². The van der Waals surface area contributed by atoms with Gasteiger partial charge in [0.2, 0.25) is 6.71 Å². The first-order valence-electron chi connectivity index (χ1n) is 8.48. The van der Waals surface area contributed by atoms with Crippen LogP contribution < -0.4 is 10.8 Å². The molecule has 1 heterocycles. The summed E-state index contributed by atoms with van der Waals surface area (Å²) in [5, 5.41) is 3.49. The van der Waals surface area contributed by atoms with E-state index in [9.17, 15) is 0 Å². The van der Waals surface area contributed by atoms with E-state index in [0.717, 1.165) is 6.54 Å². The molecular formula is C21H24BN. The molecule has 0 aromatic heterocycles. The number of benzene rings is 2. The number of nitrogens with one attached hydrogen (secondary N) is 1. The Balaban J connectivity index is 1.79. The van der Waals surface area contributed by atoms with Gasteiger partial charge in [-0.25, -0.2) is 0 Å². The minimum Gasteiger partial charge on any atom is -0.385 e. The summed E-state index contributed by atoms with van der Waals surface area (Å²) in [7, 11) is 0. The number of allylic oxidation sites excluding steroid dienone is 3. The Hall–Kier alpha value is -2.22. The van der Waals surface area contributed by atoms with E-state index in [-0.39, 0.29) is 0 Å². The van der Waals surface area contributed by atoms with Crippen molar-refractivity contribution in [2.45, 2.75) is 19.7 Å². The molecule has 23 heavy (non-hydrogen) atoms. The molecule has 2 aromatic carbocycles. The van der Waals surface area contributed by atoms with Crippen LogP contribution in [0.3, 0.4) is 0 Å². The van der Waals surface area contributed by atoms with Crippen molar-refractivity contribution in [1.29, 1.82) is 0 Å². The molecule has 0 amide bonds. The molecule has 0 fully saturated rings. The van der Waals surface area contributed by atoms with Crippen molar-refractivity contribution >= 4 is 17.9 Å². The largest absolute Gasteiger partial charge is 0.385 e. The number of hydrogen-bond donors (Lipinski definition) is 1. The normalized spacial score (nSPS) is 16.8. The molecule has 1 aliphatic heterocycles. The number of rotatable bonds is 5. The van der Waals surface area contributed by atoms with Gasteiger partial charge in [0.15, 0.2) is 0 Å². The molecular weight excluding hydrogens is 277 g/mol. The van der Waals surface area contributed by atoms with Gasteiger partial charge < -0.3 is 5.32 Å². The van der Waals surface area contributed by atoms with Crippen LogP contribution in [0, 0.1) is 5.92 Å². The van der Waals surface area contributed by atoms with Crippen molar-refractivity contribution in [1.82, 2.24) is 0 Å². The van der Waals surface area contributed by atoms with Gasteiger partial charge in [-0.1, -0.05) is 80.0 Å². The molecule has 1 nitrogen and oxygen atoms in total. The van der Waals surface area contributed by atoms with Gasteiger partial charge in [-0.2, -0.15) is 0 Å². The van der Waals surface area contributed by atoms with Crippen LogP contribution in [0.1, 0.15) is 25.2 Å². The van der Waals surface area contributed by atoms with Crippen LogP contribution in [0.4, 0.5) is 5.69 Å². The van der Waals surface area contributed by atoms with Gasteiger partial charge in [-0.05, 0) is 29.4 Å². The predicted octanol–water partition coefficient (Wildman–Crippen LogP) is 4.44. The molecule has 1 unspecified atom stereocenters. The maximum absolute atomic E-state index is 3.49. The second-order valence-corrected chi connectivity index (χ2v) is 6.63. The molecule has 0 aliphatic carbocycles. The first-order valence-corrected chi connectivity index (χ1v) is 8.48. The summed E-state index contributed by atoms with van der Waals surface area (Å²) in [6, 6.07) is 19.7. The summed E-state index contributed by atoms with van der Waals surface area (Å²) >= 11 is 0. The van der Waals surface area contributed by atoms with Crippen molar-refractivity contribution < 1.29 is 0 Å². The highest BCUT2D eigenvalue weighted by Crippen LogP contribution is 2.24. The van der Waals surface area contributed by atoms with Crippen molar-refractivity contribution in [3.63, 3.8) is 0 Å². The number of hydrogen-bond acceptors (Lipinski definition) is 1. The maximum Gasteiger partial charge on any atom is 0.212 e. The molecule has 0 saturated carbocycles. The van der Waals surface area contributed by atoms with Crippen LogP contribution >= 0.6 is 0 Å². The van der Waals surface area contributed by atoms with E-state index in [1.165, 1.54) is 16.7 Å². The van der Waals surface area contributed by atoms with Crippen LogP contribution in [0.5, 0.6) is 0 Å². The van der Waals surface area contributed by atoms with Gasteiger partial charge in [0.25, 0.3) is 0 Å². The highest BCUT2D eigenvalue weighted by atomic mass is 14.9. The molecule has 2 aromatic rings. The average Bonchev–Trinajstić information content (AvgIpc) is 2.61. The molecule has 0 spiro atoms. The monoisotopic (exact) mass is 301 g/mol. The molecule has 0 radical (unpaired) electrons. The minimum atomic E-state index is 0.404. The fraction of sp³-hybridized carbons (Fsp3) is 0.238. The van der Waals surface area contributed by atoms with E-state index in [1.54, 1.807) is 0 Å². The first-order chi connectivity index (χ1) is 11.2. The van der Waals surface area contributed by atoms with Crippen LogP contribution in [0.2, 0.25) is 0 Å². The lowest BCUT2D eigenvalue weighted by Crippen LogP contribution is -2.35. The van der Waals surface area contributed by atoms with E-state index in [2.05, 4.69) is 98.0 Å². The third-order valence-corrected chi connectivity index (χ3v) is 4.33. The van der Waals surface area contributed by atoms with Crippen LogP contribution in [-0.4, -0.2) is 13.3 Å². The summed E-state index contributed by atoms with van der Waals surface area (Å²) in [5.41, 5.74) is 3.95. The third kappa shape index (κ3) is 3.95. The summed E-state index contributed by atoms with van der Waals surface area (Å²) in [4.78, 5) is 0. The highest BCUT2D eigenvalue weighted by molar-refractivity contribution is 6.79. The Kier molecular flexibility index (Phi) is 5.02. The van der Waals surface area contributed by atoms with Gasteiger partial charge in [0.05, 0.1) is 0 Å². The Morgan fingerprint density at radius 1 is 0.957 bits per heavy atom. The average molecular weight is 301 g/mol. The van der Waals surface area contributed by atoms with Crippen molar-refractivity contribution in [2.75, 3.05) is 11.9 Å². The van der Waals surface area contributed by atoms with E-state index in [0.29, 0.717) is 18.4 Å². The summed E-state index contributed by atoms with van der Waals surface area (Å²) in [5.74, 6) is 3.38. The van der Waals surface area contributed by atoms with Gasteiger partial charge >= 0.3 is 0 Å². The molecule has 3 rings (SSSR count). The highest BCUT2D eigenvalue weighted by Gasteiger charge is 2.25. The first kappa shape index (κ1) is 15.7. The van der Waals surface area contributed by atoms with E-state index in [1.807, 2.05) is 0 Å². The van der Waals surface area contributed by atoms with Crippen LogP contribution in [-0.2, 0) is 0 Å². The Labute approximate surface area is 140 Å². The minimum absolute atomic E-state index is 0.404. The Morgan fingerprint density at radius 3 is 2.39 bits per heavy atom. The maximum atomic E-state index is 3.49. The van der Waals surface area contributed by atoms with Crippen molar-refractivity contribution in [3.05, 3.63) is 84.4 Å². The third-order valence-electron chi connectivity index (χ3n) is 4.33. The predicted molar refractivity (Wildman–Crippen MR) is 103 cm³/mol. The van der Waals surface area contributed by atoms with E-state index >= 15 is 0 Å². The molecule has 0 bridgehead atoms. The summed E-state index contributed by atoms with van der Waals surface area (Å²) in [6.45, 7) is 5.87. The molecule has 2 heteroatoms. The molecule has 1 N–H and O–H groups in total. The number of anilines is 1.